The van der Waals surface area contributed by atoms with Crippen molar-refractivity contribution in [2.45, 2.75) is 0 Å². The summed E-state index contributed by atoms with van der Waals surface area (Å²) in [4.78, 5) is 11.4. The molecule has 0 spiro atoms. The Morgan fingerprint density at radius 3 is 2.65 bits per heavy atom. The van der Waals surface area contributed by atoms with Crippen LogP contribution in [0.3, 0.4) is 0 Å². The van der Waals surface area contributed by atoms with Crippen LogP contribution in [0, 0.1) is 5.82 Å². The highest BCUT2D eigenvalue weighted by Gasteiger charge is 2.09. The molecule has 0 unspecified atom stereocenters. The predicted molar refractivity (Wildman–Crippen MR) is 76.9 cm³/mol. The molecule has 0 saturated heterocycles. The molecule has 2 rings (SSSR count). The zero-order valence-corrected chi connectivity index (χ0v) is 11.4. The maximum Gasteiger partial charge on any atom is 0.337 e. The number of hydrogen-bond donors (Lipinski definition) is 2. The molecule has 104 valence electrons. The number of nitrogens with one attached hydrogen (secondary N) is 1. The van der Waals surface area contributed by atoms with Gasteiger partial charge in [0.15, 0.2) is 0 Å². The monoisotopic (exact) mass is 294 g/mol. The highest BCUT2D eigenvalue weighted by atomic mass is 35.5. The molecule has 0 aliphatic carbocycles. The third-order valence-corrected chi connectivity index (χ3v) is 2.98. The Hall–Kier alpha value is -2.27. The Balaban J connectivity index is 2.25. The van der Waals surface area contributed by atoms with E-state index >= 15 is 0 Å². The van der Waals surface area contributed by atoms with Gasteiger partial charge >= 0.3 is 5.97 Å². The van der Waals surface area contributed by atoms with Gasteiger partial charge < -0.3 is 15.8 Å². The number of carbonyl (C=O) groups excluding carboxylic acids is 1. The van der Waals surface area contributed by atoms with E-state index in [0.717, 1.165) is 0 Å². The van der Waals surface area contributed by atoms with Gasteiger partial charge in [0.1, 0.15) is 5.82 Å². The molecule has 20 heavy (non-hydrogen) atoms. The van der Waals surface area contributed by atoms with Crippen LogP contribution in [-0.2, 0) is 4.74 Å². The number of nitrogens with two attached hydrogens (primary N) is 1. The third-order valence-electron chi connectivity index (χ3n) is 2.67. The third kappa shape index (κ3) is 3.00. The minimum absolute atomic E-state index is 0.0459. The number of methoxy groups -OCH3 is 1. The van der Waals surface area contributed by atoms with Crippen molar-refractivity contribution in [1.82, 2.24) is 0 Å². The number of ether oxygens (including phenoxy) is 1. The van der Waals surface area contributed by atoms with Crippen molar-refractivity contribution in [3.63, 3.8) is 0 Å². The molecule has 3 N–H and O–H groups in total. The van der Waals surface area contributed by atoms with Gasteiger partial charge in [0.05, 0.1) is 29.1 Å². The molecule has 0 amide bonds. The second-order valence-corrected chi connectivity index (χ2v) is 4.45. The Morgan fingerprint density at radius 1 is 1.30 bits per heavy atom. The molecule has 2 aromatic rings. The van der Waals surface area contributed by atoms with Crippen LogP contribution in [-0.4, -0.2) is 13.1 Å². The molecule has 4 nitrogen and oxygen atoms in total. The summed E-state index contributed by atoms with van der Waals surface area (Å²) in [5, 5.41) is 2.99. The average molecular weight is 295 g/mol. The zero-order valence-electron chi connectivity index (χ0n) is 10.6. The minimum atomic E-state index is -0.526. The number of anilines is 3. The fourth-order valence-corrected chi connectivity index (χ4v) is 1.77. The normalized spacial score (nSPS) is 10.2. The second kappa shape index (κ2) is 5.79. The van der Waals surface area contributed by atoms with E-state index in [9.17, 15) is 9.18 Å². The first-order chi connectivity index (χ1) is 9.51. The number of benzene rings is 2. The second-order valence-electron chi connectivity index (χ2n) is 4.05. The Kier molecular flexibility index (Phi) is 4.10. The van der Waals surface area contributed by atoms with Gasteiger partial charge in [-0.3, -0.25) is 0 Å². The topological polar surface area (TPSA) is 64.3 Å². The summed E-state index contributed by atoms with van der Waals surface area (Å²) >= 11 is 5.61. The van der Waals surface area contributed by atoms with Crippen molar-refractivity contribution in [2.24, 2.45) is 0 Å². The fraction of sp³-hybridized carbons (Fsp3) is 0.0714. The van der Waals surface area contributed by atoms with E-state index in [1.54, 1.807) is 18.2 Å². The van der Waals surface area contributed by atoms with Crippen molar-refractivity contribution in [3.05, 3.63) is 52.8 Å². The predicted octanol–water partition coefficient (Wildman–Crippen LogP) is 3.59. The molecule has 6 heteroatoms. The lowest BCUT2D eigenvalue weighted by molar-refractivity contribution is 0.0601. The highest BCUT2D eigenvalue weighted by molar-refractivity contribution is 6.30. The zero-order chi connectivity index (χ0) is 14.7. The lowest BCUT2D eigenvalue weighted by Crippen LogP contribution is -2.04. The van der Waals surface area contributed by atoms with E-state index in [1.807, 2.05) is 0 Å². The van der Waals surface area contributed by atoms with E-state index in [4.69, 9.17) is 17.3 Å². The van der Waals surface area contributed by atoms with Crippen LogP contribution in [0.4, 0.5) is 21.5 Å². The Morgan fingerprint density at radius 2 is 2.05 bits per heavy atom. The van der Waals surface area contributed by atoms with Crippen molar-refractivity contribution in [2.75, 3.05) is 18.2 Å². The molecule has 0 radical (unpaired) electrons. The summed E-state index contributed by atoms with van der Waals surface area (Å²) in [6, 6.07) is 9.00. The number of hydrogen-bond acceptors (Lipinski definition) is 4. The van der Waals surface area contributed by atoms with Gasteiger partial charge in [-0.2, -0.15) is 0 Å². The van der Waals surface area contributed by atoms with Gasteiger partial charge in [0.2, 0.25) is 0 Å². The largest absolute Gasteiger partial charge is 0.465 e. The van der Waals surface area contributed by atoms with Gasteiger partial charge in [0.25, 0.3) is 0 Å². The van der Waals surface area contributed by atoms with Crippen molar-refractivity contribution in [1.29, 1.82) is 0 Å². The summed E-state index contributed by atoms with van der Waals surface area (Å²) in [7, 11) is 1.29. The van der Waals surface area contributed by atoms with Gasteiger partial charge in [-0.1, -0.05) is 11.6 Å². The molecule has 0 aromatic heterocycles. The van der Waals surface area contributed by atoms with E-state index in [-0.39, 0.29) is 5.02 Å². The van der Waals surface area contributed by atoms with E-state index < -0.39 is 11.8 Å². The summed E-state index contributed by atoms with van der Waals surface area (Å²) < 4.78 is 17.9. The van der Waals surface area contributed by atoms with Crippen LogP contribution >= 0.6 is 11.6 Å². The average Bonchev–Trinajstić information content (AvgIpc) is 2.44. The summed E-state index contributed by atoms with van der Waals surface area (Å²) in [5.41, 5.74) is 7.59. The first-order valence-corrected chi connectivity index (χ1v) is 6.09. The SMILES string of the molecule is COC(=O)c1ccc(Nc2ccc(Cl)c(F)c2)c(N)c1. The standard InChI is InChI=1S/C14H12ClFN2O2/c1-20-14(19)8-2-5-13(12(17)6-8)18-9-3-4-10(15)11(16)7-9/h2-7,18H,17H2,1H3. The number of halogens is 2. The molecule has 0 heterocycles. The Bertz CT molecular complexity index is 662. The first-order valence-electron chi connectivity index (χ1n) is 5.71. The Labute approximate surface area is 120 Å². The van der Waals surface area contributed by atoms with Gasteiger partial charge in [-0.15, -0.1) is 0 Å². The molecule has 2 aromatic carbocycles. The van der Waals surface area contributed by atoms with Crippen LogP contribution < -0.4 is 11.1 Å². The lowest BCUT2D eigenvalue weighted by atomic mass is 10.1. The maximum atomic E-state index is 13.3. The molecule has 0 fully saturated rings. The van der Waals surface area contributed by atoms with Crippen molar-refractivity contribution < 1.29 is 13.9 Å². The molecule has 0 bridgehead atoms. The quantitative estimate of drug-likeness (QED) is 0.671. The van der Waals surface area contributed by atoms with E-state index in [0.29, 0.717) is 22.6 Å². The van der Waals surface area contributed by atoms with Gasteiger partial charge in [-0.25, -0.2) is 9.18 Å². The molecule has 0 atom stereocenters. The number of rotatable bonds is 3. The van der Waals surface area contributed by atoms with Crippen LogP contribution in [0.1, 0.15) is 10.4 Å². The van der Waals surface area contributed by atoms with E-state index in [2.05, 4.69) is 10.1 Å². The number of carbonyl (C=O) groups is 1. The molecule has 0 saturated carbocycles. The van der Waals surface area contributed by atoms with Crippen LogP contribution in [0.5, 0.6) is 0 Å². The van der Waals surface area contributed by atoms with Crippen LogP contribution in [0.15, 0.2) is 36.4 Å². The summed E-state index contributed by atoms with van der Waals surface area (Å²) in [6.45, 7) is 0. The molecule has 0 aliphatic rings. The molecular weight excluding hydrogens is 283 g/mol. The maximum absolute atomic E-state index is 13.3. The fourth-order valence-electron chi connectivity index (χ4n) is 1.65. The highest BCUT2D eigenvalue weighted by Crippen LogP contribution is 2.26. The lowest BCUT2D eigenvalue weighted by Gasteiger charge is -2.11. The van der Waals surface area contributed by atoms with Gasteiger partial charge in [-0.05, 0) is 36.4 Å². The number of nitrogen functional groups attached to an aromatic ring is 1. The smallest absolute Gasteiger partial charge is 0.337 e. The van der Waals surface area contributed by atoms with Crippen molar-refractivity contribution >= 4 is 34.6 Å². The molecular formula is C14H12ClFN2O2. The van der Waals surface area contributed by atoms with E-state index in [1.165, 1.54) is 25.3 Å². The first kappa shape index (κ1) is 14.1. The van der Waals surface area contributed by atoms with Crippen molar-refractivity contribution in [3.8, 4) is 0 Å². The summed E-state index contributed by atoms with van der Waals surface area (Å²) in [6.07, 6.45) is 0. The number of esters is 1. The summed E-state index contributed by atoms with van der Waals surface area (Å²) in [5.74, 6) is -0.998. The van der Waals surface area contributed by atoms with Crippen LogP contribution in [0.2, 0.25) is 5.02 Å². The van der Waals surface area contributed by atoms with Crippen LogP contribution in [0.25, 0.3) is 0 Å². The molecule has 0 aliphatic heterocycles. The minimum Gasteiger partial charge on any atom is -0.465 e. The van der Waals surface area contributed by atoms with Gasteiger partial charge in [0, 0.05) is 5.69 Å².